The Hall–Kier alpha value is -1.14. The molecule has 0 spiro atoms. The van der Waals surface area contributed by atoms with Crippen molar-refractivity contribution in [1.82, 2.24) is 0 Å². The van der Waals surface area contributed by atoms with E-state index in [1.54, 1.807) is 0 Å². The van der Waals surface area contributed by atoms with E-state index in [4.69, 9.17) is 5.26 Å². The normalized spacial score (nSPS) is 11.2. The molecule has 76 valence electrons. The van der Waals surface area contributed by atoms with Crippen LogP contribution < -0.4 is 0 Å². The number of hydrogen-bond donors (Lipinski definition) is 0. The maximum atomic E-state index is 8.50. The molecule has 0 fully saturated rings. The average molecular weight is 234 g/mol. The Balaban J connectivity index is 2.84. The minimum Gasteiger partial charge on any atom is -0.223 e. The smallest absolute Gasteiger partial charge is 0.133 e. The van der Waals surface area contributed by atoms with Crippen LogP contribution in [0, 0.1) is 17.6 Å². The Morgan fingerprint density at radius 2 is 2.13 bits per heavy atom. The highest BCUT2D eigenvalue weighted by molar-refractivity contribution is 8.03. The summed E-state index contributed by atoms with van der Waals surface area (Å²) in [7, 11) is 0. The Morgan fingerprint density at radius 1 is 1.47 bits per heavy atom. The van der Waals surface area contributed by atoms with Crippen molar-refractivity contribution in [2.75, 3.05) is 5.75 Å². The number of rotatable bonds is 4. The molecule has 0 aliphatic heterocycles. The Morgan fingerprint density at radius 3 is 2.67 bits per heavy atom. The molecule has 1 unspecified atom stereocenters. The third kappa shape index (κ3) is 3.85. The molecule has 0 N–H and O–H groups in total. The van der Waals surface area contributed by atoms with Crippen LogP contribution in [0.3, 0.4) is 0 Å². The van der Waals surface area contributed by atoms with Gasteiger partial charge in [-0.25, -0.2) is 4.99 Å². The fourth-order valence-corrected chi connectivity index (χ4v) is 1.80. The van der Waals surface area contributed by atoms with Gasteiger partial charge in [-0.3, -0.25) is 0 Å². The number of aliphatic imine (C=N–C) groups is 1. The molecule has 4 heteroatoms. The van der Waals surface area contributed by atoms with Crippen molar-refractivity contribution in [3.05, 3.63) is 35.4 Å². The zero-order valence-electron chi connectivity index (χ0n) is 8.30. The van der Waals surface area contributed by atoms with Gasteiger partial charge in [0.25, 0.3) is 0 Å². The van der Waals surface area contributed by atoms with Gasteiger partial charge >= 0.3 is 0 Å². The van der Waals surface area contributed by atoms with Gasteiger partial charge in [-0.1, -0.05) is 29.8 Å². The Labute approximate surface area is 99.0 Å². The minimum absolute atomic E-state index is 0.0623. The summed E-state index contributed by atoms with van der Waals surface area (Å²) < 4.78 is 0. The maximum absolute atomic E-state index is 8.50. The predicted octanol–water partition coefficient (Wildman–Crippen LogP) is 3.35. The van der Waals surface area contributed by atoms with Gasteiger partial charge in [-0.2, -0.15) is 5.26 Å². The minimum atomic E-state index is -0.0623. The topological polar surface area (TPSA) is 36.1 Å². The third-order valence-corrected chi connectivity index (χ3v) is 2.69. The molecule has 2 nitrogen and oxygen atoms in total. The highest BCUT2D eigenvalue weighted by Gasteiger charge is 2.09. The van der Waals surface area contributed by atoms with E-state index in [0.717, 1.165) is 5.56 Å². The van der Waals surface area contributed by atoms with E-state index < -0.39 is 0 Å². The van der Waals surface area contributed by atoms with Gasteiger partial charge in [0.15, 0.2) is 0 Å². The summed E-state index contributed by atoms with van der Waals surface area (Å²) >= 11 is 5.78. The lowest BCUT2D eigenvalue weighted by Gasteiger charge is -2.08. The van der Waals surface area contributed by atoms with E-state index in [0.29, 0.717) is 5.75 Å². The molecular weight excluding hydrogens is 224 g/mol. The molecule has 0 aliphatic carbocycles. The highest BCUT2D eigenvalue weighted by Crippen LogP contribution is 2.21. The van der Waals surface area contributed by atoms with E-state index in [1.807, 2.05) is 36.6 Å². The second kappa shape index (κ2) is 6.36. The number of thiocyanates is 1. The first kappa shape index (κ1) is 11.9. The molecule has 0 bridgehead atoms. The number of thiocarbonyl (C=S) groups is 1. The zero-order chi connectivity index (χ0) is 11.1. The van der Waals surface area contributed by atoms with Crippen LogP contribution >= 0.6 is 24.0 Å². The lowest BCUT2D eigenvalue weighted by Crippen LogP contribution is -1.98. The first-order valence-electron chi connectivity index (χ1n) is 4.42. The zero-order valence-corrected chi connectivity index (χ0v) is 9.94. The van der Waals surface area contributed by atoms with E-state index in [1.165, 1.54) is 17.3 Å². The highest BCUT2D eigenvalue weighted by atomic mass is 32.2. The average Bonchev–Trinajstić information content (AvgIpc) is 2.25. The molecule has 0 saturated carbocycles. The van der Waals surface area contributed by atoms with Gasteiger partial charge in [0.1, 0.15) is 5.40 Å². The Kier molecular flexibility index (Phi) is 5.06. The quantitative estimate of drug-likeness (QED) is 0.455. The van der Waals surface area contributed by atoms with E-state index >= 15 is 0 Å². The molecule has 1 aromatic carbocycles. The molecule has 0 aromatic heterocycles. The first-order valence-corrected chi connectivity index (χ1v) is 5.81. The maximum Gasteiger partial charge on any atom is 0.133 e. The molecule has 0 radical (unpaired) electrons. The van der Waals surface area contributed by atoms with Gasteiger partial charge < -0.3 is 0 Å². The number of nitriles is 1. The number of isothiocyanates is 1. The molecule has 0 aliphatic rings. The molecule has 1 aromatic rings. The summed E-state index contributed by atoms with van der Waals surface area (Å²) in [5.41, 5.74) is 2.28. The van der Waals surface area contributed by atoms with Crippen molar-refractivity contribution in [1.29, 1.82) is 5.26 Å². The summed E-state index contributed by atoms with van der Waals surface area (Å²) in [6, 6.07) is 8.01. The van der Waals surface area contributed by atoms with Crippen LogP contribution in [0.25, 0.3) is 0 Å². The van der Waals surface area contributed by atoms with Crippen LogP contribution in [0.2, 0.25) is 0 Å². The SMILES string of the molecule is Cc1ccc(C(CSC#N)N=C=S)cc1. The van der Waals surface area contributed by atoms with Crippen LogP contribution in [0.4, 0.5) is 0 Å². The van der Waals surface area contributed by atoms with Crippen LogP contribution in [0.5, 0.6) is 0 Å². The number of aryl methyl sites for hydroxylation is 1. The third-order valence-electron chi connectivity index (χ3n) is 1.98. The van der Waals surface area contributed by atoms with Crippen molar-refractivity contribution in [3.8, 4) is 5.40 Å². The largest absolute Gasteiger partial charge is 0.223 e. The fraction of sp³-hybridized carbons (Fsp3) is 0.273. The summed E-state index contributed by atoms with van der Waals surface area (Å²) in [5, 5.41) is 12.9. The van der Waals surface area contributed by atoms with E-state index in [2.05, 4.69) is 22.4 Å². The molecule has 0 amide bonds. The van der Waals surface area contributed by atoms with Crippen molar-refractivity contribution >= 4 is 29.1 Å². The summed E-state index contributed by atoms with van der Waals surface area (Å²) in [6.45, 7) is 2.03. The van der Waals surface area contributed by atoms with Crippen LogP contribution in [-0.2, 0) is 0 Å². The second-order valence-corrected chi connectivity index (χ2v) is 4.04. The van der Waals surface area contributed by atoms with Crippen LogP contribution in [0.15, 0.2) is 29.3 Å². The number of nitrogens with zero attached hydrogens (tertiary/aromatic N) is 2. The van der Waals surface area contributed by atoms with Crippen molar-refractivity contribution in [2.24, 2.45) is 4.99 Å². The van der Waals surface area contributed by atoms with E-state index in [-0.39, 0.29) is 6.04 Å². The van der Waals surface area contributed by atoms with Gasteiger partial charge in [0.05, 0.1) is 11.2 Å². The van der Waals surface area contributed by atoms with Crippen LogP contribution in [0.1, 0.15) is 17.2 Å². The van der Waals surface area contributed by atoms with Gasteiger partial charge in [0.2, 0.25) is 0 Å². The fourth-order valence-electron chi connectivity index (χ4n) is 1.18. The lowest BCUT2D eigenvalue weighted by molar-refractivity contribution is 0.842. The number of thioether (sulfide) groups is 1. The lowest BCUT2D eigenvalue weighted by atomic mass is 10.1. The van der Waals surface area contributed by atoms with Crippen LogP contribution in [-0.4, -0.2) is 10.9 Å². The summed E-state index contributed by atoms with van der Waals surface area (Å²) in [5.74, 6) is 0.614. The predicted molar refractivity (Wildman–Crippen MR) is 67.0 cm³/mol. The molecule has 0 saturated heterocycles. The monoisotopic (exact) mass is 234 g/mol. The number of benzene rings is 1. The first-order chi connectivity index (χ1) is 7.27. The Bertz CT molecular complexity index is 400. The second-order valence-electron chi connectivity index (χ2n) is 3.05. The molecule has 1 rings (SSSR count). The van der Waals surface area contributed by atoms with Crippen molar-refractivity contribution in [3.63, 3.8) is 0 Å². The standard InChI is InChI=1S/C11H10N2S2/c1-9-2-4-10(5-3-9)11(13-8-14)6-15-7-12/h2-5,11H,6H2,1H3. The van der Waals surface area contributed by atoms with Gasteiger partial charge in [-0.05, 0) is 36.5 Å². The number of hydrogen-bond acceptors (Lipinski definition) is 4. The molecular formula is C11H10N2S2. The summed E-state index contributed by atoms with van der Waals surface area (Å²) in [4.78, 5) is 4.05. The van der Waals surface area contributed by atoms with Crippen molar-refractivity contribution < 1.29 is 0 Å². The van der Waals surface area contributed by atoms with Gasteiger partial charge in [-0.15, -0.1) is 0 Å². The molecule has 15 heavy (non-hydrogen) atoms. The summed E-state index contributed by atoms with van der Waals surface area (Å²) in [6.07, 6.45) is 0. The van der Waals surface area contributed by atoms with Gasteiger partial charge in [0, 0.05) is 5.75 Å². The van der Waals surface area contributed by atoms with Crippen molar-refractivity contribution in [2.45, 2.75) is 13.0 Å². The molecule has 1 atom stereocenters. The van der Waals surface area contributed by atoms with E-state index in [9.17, 15) is 0 Å². The molecule has 0 heterocycles.